The summed E-state index contributed by atoms with van der Waals surface area (Å²) in [4.78, 5) is 11.5. The molecule has 2 aliphatic heterocycles. The third kappa shape index (κ3) is 2.49. The van der Waals surface area contributed by atoms with Gasteiger partial charge in [-0.1, -0.05) is 0 Å². The number of carbonyl (C=O) groups is 1. The van der Waals surface area contributed by atoms with Crippen molar-refractivity contribution in [2.45, 2.75) is 44.9 Å². The second-order valence-electron chi connectivity index (χ2n) is 4.71. The van der Waals surface area contributed by atoms with Crippen LogP contribution in [0.1, 0.15) is 33.1 Å². The fourth-order valence-corrected chi connectivity index (χ4v) is 2.34. The van der Waals surface area contributed by atoms with Crippen molar-refractivity contribution >= 4 is 5.91 Å². The molecule has 2 saturated heterocycles. The Hall–Kier alpha value is -0.610. The fourth-order valence-electron chi connectivity index (χ4n) is 2.34. The number of amides is 1. The molecule has 2 atom stereocenters. The Kier molecular flexibility index (Phi) is 2.98. The normalized spacial score (nSPS) is 34.4. The largest absolute Gasteiger partial charge is 0.353 e. The van der Waals surface area contributed by atoms with E-state index in [1.807, 2.05) is 13.8 Å². The highest BCUT2D eigenvalue weighted by atomic mass is 16.7. The van der Waals surface area contributed by atoms with Crippen LogP contribution in [0.4, 0.5) is 0 Å². The number of carbonyl (C=O) groups excluding carboxylic acids is 1. The van der Waals surface area contributed by atoms with Gasteiger partial charge in [0.2, 0.25) is 5.91 Å². The highest BCUT2D eigenvalue weighted by Gasteiger charge is 2.35. The number of hydrogen-bond donors (Lipinski definition) is 1. The molecule has 2 rings (SSSR count). The predicted octanol–water partition coefficient (Wildman–Crippen LogP) is 1.05. The van der Waals surface area contributed by atoms with Crippen molar-refractivity contribution in [2.24, 2.45) is 5.92 Å². The van der Waals surface area contributed by atoms with Gasteiger partial charge in [-0.05, 0) is 26.7 Å². The molecule has 2 fully saturated rings. The average Bonchev–Trinajstić information content (AvgIpc) is 2.71. The van der Waals surface area contributed by atoms with Gasteiger partial charge in [0.1, 0.15) is 0 Å². The van der Waals surface area contributed by atoms with E-state index in [2.05, 4.69) is 5.32 Å². The van der Waals surface area contributed by atoms with E-state index in [-0.39, 0.29) is 11.8 Å². The van der Waals surface area contributed by atoms with Crippen LogP contribution >= 0.6 is 0 Å². The van der Waals surface area contributed by atoms with Crippen molar-refractivity contribution < 1.29 is 14.3 Å². The molecule has 15 heavy (non-hydrogen) atoms. The van der Waals surface area contributed by atoms with Gasteiger partial charge in [-0.3, -0.25) is 4.79 Å². The van der Waals surface area contributed by atoms with Crippen molar-refractivity contribution in [3.63, 3.8) is 0 Å². The van der Waals surface area contributed by atoms with E-state index in [0.29, 0.717) is 19.3 Å². The SMILES string of the molecule is C[C@@H]1C[C@H](CCC2(C)OCCO2)C(=O)N1. The van der Waals surface area contributed by atoms with Gasteiger partial charge in [0.15, 0.2) is 5.79 Å². The lowest BCUT2D eigenvalue weighted by Crippen LogP contribution is -2.28. The number of hydrogen-bond acceptors (Lipinski definition) is 3. The molecule has 0 radical (unpaired) electrons. The summed E-state index contributed by atoms with van der Waals surface area (Å²) in [5.74, 6) is -0.125. The Balaban J connectivity index is 1.80. The summed E-state index contributed by atoms with van der Waals surface area (Å²) in [6, 6.07) is 0.320. The first-order valence-electron chi connectivity index (χ1n) is 5.67. The molecule has 0 bridgehead atoms. The summed E-state index contributed by atoms with van der Waals surface area (Å²) in [6.07, 6.45) is 2.60. The maximum Gasteiger partial charge on any atom is 0.223 e. The molecule has 1 amide bonds. The molecule has 4 heteroatoms. The Morgan fingerprint density at radius 3 is 2.67 bits per heavy atom. The van der Waals surface area contributed by atoms with Crippen LogP contribution in [0, 0.1) is 5.92 Å². The lowest BCUT2D eigenvalue weighted by Gasteiger charge is -2.23. The zero-order valence-corrected chi connectivity index (χ0v) is 9.41. The molecule has 4 nitrogen and oxygen atoms in total. The second kappa shape index (κ2) is 4.10. The van der Waals surface area contributed by atoms with Crippen LogP contribution in [0.5, 0.6) is 0 Å². The van der Waals surface area contributed by atoms with Crippen LogP contribution in [0.15, 0.2) is 0 Å². The van der Waals surface area contributed by atoms with Gasteiger partial charge >= 0.3 is 0 Å². The molecule has 0 aromatic carbocycles. The Labute approximate surface area is 90.3 Å². The molecule has 2 aliphatic rings. The van der Waals surface area contributed by atoms with Gasteiger partial charge in [-0.15, -0.1) is 0 Å². The molecule has 0 saturated carbocycles. The summed E-state index contributed by atoms with van der Waals surface area (Å²) in [5, 5.41) is 2.93. The number of rotatable bonds is 3. The van der Waals surface area contributed by atoms with E-state index in [4.69, 9.17) is 9.47 Å². The van der Waals surface area contributed by atoms with Crippen molar-refractivity contribution in [1.29, 1.82) is 0 Å². The van der Waals surface area contributed by atoms with Crippen molar-refractivity contribution in [3.8, 4) is 0 Å². The van der Waals surface area contributed by atoms with Crippen LogP contribution in [0.3, 0.4) is 0 Å². The molecule has 0 unspecified atom stereocenters. The lowest BCUT2D eigenvalue weighted by molar-refractivity contribution is -0.150. The summed E-state index contributed by atoms with van der Waals surface area (Å²) in [5.41, 5.74) is 0. The quantitative estimate of drug-likeness (QED) is 0.762. The van der Waals surface area contributed by atoms with Gasteiger partial charge in [-0.2, -0.15) is 0 Å². The van der Waals surface area contributed by atoms with Gasteiger partial charge in [0.25, 0.3) is 0 Å². The third-order valence-corrected chi connectivity index (χ3v) is 3.24. The molecule has 0 spiro atoms. The summed E-state index contributed by atoms with van der Waals surface area (Å²) < 4.78 is 11.0. The molecular formula is C11H19NO3. The molecular weight excluding hydrogens is 194 g/mol. The topological polar surface area (TPSA) is 47.6 Å². The first kappa shape index (κ1) is 10.9. The van der Waals surface area contributed by atoms with Gasteiger partial charge in [0, 0.05) is 18.4 Å². The van der Waals surface area contributed by atoms with Crippen LogP contribution in [-0.2, 0) is 14.3 Å². The molecule has 2 heterocycles. The van der Waals surface area contributed by atoms with Gasteiger partial charge in [0.05, 0.1) is 13.2 Å². The Morgan fingerprint density at radius 2 is 2.13 bits per heavy atom. The summed E-state index contributed by atoms with van der Waals surface area (Å²) in [7, 11) is 0. The maximum absolute atomic E-state index is 11.5. The Morgan fingerprint density at radius 1 is 1.47 bits per heavy atom. The predicted molar refractivity (Wildman–Crippen MR) is 55.3 cm³/mol. The minimum atomic E-state index is -0.452. The second-order valence-corrected chi connectivity index (χ2v) is 4.71. The monoisotopic (exact) mass is 213 g/mol. The first-order chi connectivity index (χ1) is 7.09. The first-order valence-corrected chi connectivity index (χ1v) is 5.67. The molecule has 0 aromatic rings. The molecule has 0 aliphatic carbocycles. The van der Waals surface area contributed by atoms with Crippen LogP contribution in [0.2, 0.25) is 0 Å². The van der Waals surface area contributed by atoms with Gasteiger partial charge < -0.3 is 14.8 Å². The van der Waals surface area contributed by atoms with E-state index in [1.54, 1.807) is 0 Å². The van der Waals surface area contributed by atoms with Crippen molar-refractivity contribution in [2.75, 3.05) is 13.2 Å². The van der Waals surface area contributed by atoms with Crippen LogP contribution < -0.4 is 5.32 Å². The molecule has 86 valence electrons. The summed E-state index contributed by atoms with van der Waals surface area (Å²) in [6.45, 7) is 5.34. The van der Waals surface area contributed by atoms with E-state index < -0.39 is 5.79 Å². The van der Waals surface area contributed by atoms with E-state index in [9.17, 15) is 4.79 Å². The minimum Gasteiger partial charge on any atom is -0.353 e. The summed E-state index contributed by atoms with van der Waals surface area (Å²) >= 11 is 0. The average molecular weight is 213 g/mol. The minimum absolute atomic E-state index is 0.143. The zero-order chi connectivity index (χ0) is 10.9. The standard InChI is InChI=1S/C11H19NO3/c1-8-7-9(10(13)12-8)3-4-11(2)14-5-6-15-11/h8-9H,3-7H2,1-2H3,(H,12,13)/t8-,9+/m1/s1. The Bertz CT molecular complexity index is 248. The zero-order valence-electron chi connectivity index (χ0n) is 9.41. The van der Waals surface area contributed by atoms with E-state index >= 15 is 0 Å². The maximum atomic E-state index is 11.5. The van der Waals surface area contributed by atoms with Crippen molar-refractivity contribution in [3.05, 3.63) is 0 Å². The molecule has 0 aromatic heterocycles. The van der Waals surface area contributed by atoms with Gasteiger partial charge in [-0.25, -0.2) is 0 Å². The van der Waals surface area contributed by atoms with Crippen molar-refractivity contribution in [1.82, 2.24) is 5.32 Å². The smallest absolute Gasteiger partial charge is 0.223 e. The molecule has 1 N–H and O–H groups in total. The highest BCUT2D eigenvalue weighted by molar-refractivity contribution is 5.81. The van der Waals surface area contributed by atoms with E-state index in [0.717, 1.165) is 19.3 Å². The van der Waals surface area contributed by atoms with Crippen LogP contribution in [-0.4, -0.2) is 30.9 Å². The fraction of sp³-hybridized carbons (Fsp3) is 0.909. The lowest BCUT2D eigenvalue weighted by atomic mass is 9.97. The van der Waals surface area contributed by atoms with E-state index in [1.165, 1.54) is 0 Å². The number of nitrogens with one attached hydrogen (secondary N) is 1. The highest BCUT2D eigenvalue weighted by Crippen LogP contribution is 2.29. The van der Waals surface area contributed by atoms with Crippen LogP contribution in [0.25, 0.3) is 0 Å². The number of ether oxygens (including phenoxy) is 2. The third-order valence-electron chi connectivity index (χ3n) is 3.24.